The van der Waals surface area contributed by atoms with Gasteiger partial charge in [-0.15, -0.1) is 0 Å². The molecule has 0 unspecified atom stereocenters. The molecule has 2 N–H and O–H groups in total. The summed E-state index contributed by atoms with van der Waals surface area (Å²) in [7, 11) is -6.64. The Morgan fingerprint density at radius 2 is 1.00 bits per heavy atom. The molecule has 0 amide bonds. The maximum absolute atomic E-state index is 13.1. The molecule has 4 rings (SSSR count). The first kappa shape index (κ1) is 26.6. The third kappa shape index (κ3) is 6.66. The van der Waals surface area contributed by atoms with E-state index < -0.39 is 20.0 Å². The number of ether oxygens (including phenoxy) is 2. The predicted octanol–water partition coefficient (Wildman–Crippen LogP) is 6.40. The van der Waals surface area contributed by atoms with Crippen molar-refractivity contribution in [2.75, 3.05) is 16.6 Å². The fourth-order valence-electron chi connectivity index (χ4n) is 3.18. The lowest BCUT2D eigenvalue weighted by Gasteiger charge is -2.16. The summed E-state index contributed by atoms with van der Waals surface area (Å²) in [6.45, 7) is 0. The smallest absolute Gasteiger partial charge is 0.261 e. The Morgan fingerprint density at radius 1 is 0.568 bits per heavy atom. The van der Waals surface area contributed by atoms with Crippen LogP contribution in [0.5, 0.6) is 17.2 Å². The highest BCUT2D eigenvalue weighted by molar-refractivity contribution is 7.93. The van der Waals surface area contributed by atoms with E-state index in [1.54, 1.807) is 31.4 Å². The van der Waals surface area contributed by atoms with Crippen molar-refractivity contribution < 1.29 is 26.3 Å². The van der Waals surface area contributed by atoms with Gasteiger partial charge in [-0.05, 0) is 84.9 Å². The van der Waals surface area contributed by atoms with Crippen LogP contribution in [0.2, 0.25) is 10.0 Å². The van der Waals surface area contributed by atoms with Crippen LogP contribution >= 0.6 is 23.2 Å². The van der Waals surface area contributed by atoms with Gasteiger partial charge in [0, 0.05) is 16.1 Å². The molecule has 4 aromatic rings. The van der Waals surface area contributed by atoms with Crippen LogP contribution in [0.25, 0.3) is 0 Å². The molecule has 0 fully saturated rings. The molecule has 0 aliphatic heterocycles. The lowest BCUT2D eigenvalue weighted by molar-refractivity contribution is 0.413. The molecule has 0 heterocycles. The van der Waals surface area contributed by atoms with Crippen molar-refractivity contribution in [3.8, 4) is 17.2 Å². The van der Waals surface area contributed by atoms with Crippen molar-refractivity contribution in [2.24, 2.45) is 0 Å². The fraction of sp³-hybridized carbons (Fsp3) is 0.0400. The number of anilines is 2. The largest absolute Gasteiger partial charge is 0.497 e. The molecule has 192 valence electrons. The summed E-state index contributed by atoms with van der Waals surface area (Å²) in [6.07, 6.45) is 0. The van der Waals surface area contributed by atoms with E-state index >= 15 is 0 Å². The van der Waals surface area contributed by atoms with Gasteiger partial charge in [-0.3, -0.25) is 9.44 Å². The third-order valence-electron chi connectivity index (χ3n) is 5.02. The molecule has 0 aliphatic rings. The van der Waals surface area contributed by atoms with E-state index in [-0.39, 0.29) is 26.9 Å². The highest BCUT2D eigenvalue weighted by Crippen LogP contribution is 2.34. The molecule has 0 saturated heterocycles. The van der Waals surface area contributed by atoms with Crippen molar-refractivity contribution in [1.82, 2.24) is 0 Å². The quantitative estimate of drug-likeness (QED) is 0.238. The van der Waals surface area contributed by atoms with Gasteiger partial charge in [0.2, 0.25) is 0 Å². The standard InChI is InChI=1S/C25H20Cl2N2O6S2/c1-34-19-6-8-20(9-7-19)35-21-10-15-24(28-36(30,31)22-11-2-17(26)3-12-22)25(16-21)29-37(32,33)23-13-4-18(27)5-14-23/h2-16,28-29H,1H3. The molecular formula is C25H20Cl2N2O6S2. The number of hydrogen-bond acceptors (Lipinski definition) is 6. The number of sulfonamides is 2. The molecule has 8 nitrogen and oxygen atoms in total. The van der Waals surface area contributed by atoms with Gasteiger partial charge >= 0.3 is 0 Å². The second-order valence-electron chi connectivity index (χ2n) is 7.60. The summed E-state index contributed by atoms with van der Waals surface area (Å²) in [4.78, 5) is -0.119. The molecule has 0 saturated carbocycles. The van der Waals surface area contributed by atoms with E-state index in [0.717, 1.165) is 0 Å². The Balaban J connectivity index is 1.71. The van der Waals surface area contributed by atoms with E-state index in [2.05, 4.69) is 9.44 Å². The average molecular weight is 579 g/mol. The van der Waals surface area contributed by atoms with Crippen LogP contribution in [0.3, 0.4) is 0 Å². The van der Waals surface area contributed by atoms with Crippen molar-refractivity contribution in [1.29, 1.82) is 0 Å². The summed E-state index contributed by atoms with van der Waals surface area (Å²) in [5, 5.41) is 0.737. The second kappa shape index (κ2) is 10.9. The second-order valence-corrected chi connectivity index (χ2v) is 11.8. The predicted molar refractivity (Wildman–Crippen MR) is 144 cm³/mol. The first-order valence-electron chi connectivity index (χ1n) is 10.6. The summed E-state index contributed by atoms with van der Waals surface area (Å²) in [5.41, 5.74) is -0.0759. The van der Waals surface area contributed by atoms with Gasteiger partial charge in [0.15, 0.2) is 0 Å². The van der Waals surface area contributed by atoms with Crippen molar-refractivity contribution in [3.63, 3.8) is 0 Å². The van der Waals surface area contributed by atoms with E-state index in [4.69, 9.17) is 32.7 Å². The molecule has 0 spiro atoms. The zero-order valence-corrected chi connectivity index (χ0v) is 22.3. The molecule has 37 heavy (non-hydrogen) atoms. The molecule has 0 bridgehead atoms. The van der Waals surface area contributed by atoms with Crippen LogP contribution in [0, 0.1) is 0 Å². The van der Waals surface area contributed by atoms with Gasteiger partial charge in [0.05, 0.1) is 28.3 Å². The summed E-state index contributed by atoms with van der Waals surface area (Å²) >= 11 is 11.7. The first-order valence-corrected chi connectivity index (χ1v) is 14.3. The summed E-state index contributed by atoms with van der Waals surface area (Å²) in [6, 6.07) is 22.1. The van der Waals surface area contributed by atoms with Crippen LogP contribution in [-0.2, 0) is 20.0 Å². The van der Waals surface area contributed by atoms with Gasteiger partial charge in [-0.2, -0.15) is 0 Å². The van der Waals surface area contributed by atoms with Crippen LogP contribution in [0.4, 0.5) is 11.4 Å². The van der Waals surface area contributed by atoms with Gasteiger partial charge in [0.1, 0.15) is 17.2 Å². The Hall–Kier alpha value is -3.44. The molecule has 12 heteroatoms. The zero-order chi connectivity index (χ0) is 26.6. The molecule has 0 radical (unpaired) electrons. The minimum Gasteiger partial charge on any atom is -0.497 e. The van der Waals surface area contributed by atoms with Crippen molar-refractivity contribution >= 4 is 54.6 Å². The van der Waals surface area contributed by atoms with Crippen molar-refractivity contribution in [2.45, 2.75) is 9.79 Å². The SMILES string of the molecule is COc1ccc(Oc2ccc(NS(=O)(=O)c3ccc(Cl)cc3)c(NS(=O)(=O)c3ccc(Cl)cc3)c2)cc1. The maximum Gasteiger partial charge on any atom is 0.261 e. The molecule has 4 aromatic carbocycles. The Labute approximate surface area is 224 Å². The lowest BCUT2D eigenvalue weighted by atomic mass is 10.2. The maximum atomic E-state index is 13.1. The number of nitrogens with one attached hydrogen (secondary N) is 2. The normalized spacial score (nSPS) is 11.5. The van der Waals surface area contributed by atoms with Gasteiger partial charge in [-0.1, -0.05) is 23.2 Å². The van der Waals surface area contributed by atoms with E-state index in [9.17, 15) is 16.8 Å². The number of rotatable bonds is 9. The summed E-state index contributed by atoms with van der Waals surface area (Å²) < 4.78 is 68.0. The van der Waals surface area contributed by atoms with Gasteiger partial charge in [-0.25, -0.2) is 16.8 Å². The first-order chi connectivity index (χ1) is 17.6. The number of halogens is 2. The number of methoxy groups -OCH3 is 1. The lowest BCUT2D eigenvalue weighted by Crippen LogP contribution is -2.17. The Kier molecular flexibility index (Phi) is 7.84. The molecule has 0 aliphatic carbocycles. The van der Waals surface area contributed by atoms with E-state index in [1.165, 1.54) is 66.7 Å². The molecular weight excluding hydrogens is 559 g/mol. The van der Waals surface area contributed by atoms with Crippen LogP contribution < -0.4 is 18.9 Å². The average Bonchev–Trinajstić information content (AvgIpc) is 2.86. The zero-order valence-electron chi connectivity index (χ0n) is 19.2. The fourth-order valence-corrected chi connectivity index (χ4v) is 5.58. The third-order valence-corrected chi connectivity index (χ3v) is 8.29. The van der Waals surface area contributed by atoms with E-state index in [1.807, 2.05) is 0 Å². The van der Waals surface area contributed by atoms with Crippen LogP contribution in [-0.4, -0.2) is 23.9 Å². The van der Waals surface area contributed by atoms with E-state index in [0.29, 0.717) is 21.5 Å². The minimum absolute atomic E-state index is 0.0189. The van der Waals surface area contributed by atoms with Crippen molar-refractivity contribution in [3.05, 3.63) is 101 Å². The van der Waals surface area contributed by atoms with Crippen LogP contribution in [0.15, 0.2) is 101 Å². The molecule has 0 atom stereocenters. The Bertz CT molecular complexity index is 1610. The van der Waals surface area contributed by atoms with Gasteiger partial charge < -0.3 is 9.47 Å². The number of benzene rings is 4. The van der Waals surface area contributed by atoms with Gasteiger partial charge in [0.25, 0.3) is 20.0 Å². The highest BCUT2D eigenvalue weighted by atomic mass is 35.5. The topological polar surface area (TPSA) is 111 Å². The Morgan fingerprint density at radius 3 is 1.49 bits per heavy atom. The minimum atomic E-state index is -4.11. The molecule has 0 aromatic heterocycles. The monoisotopic (exact) mass is 578 g/mol. The summed E-state index contributed by atoms with van der Waals surface area (Å²) in [5.74, 6) is 1.35. The number of hydrogen-bond donors (Lipinski definition) is 2. The van der Waals surface area contributed by atoms with Crippen LogP contribution in [0.1, 0.15) is 0 Å². The highest BCUT2D eigenvalue weighted by Gasteiger charge is 2.21.